The zero-order chi connectivity index (χ0) is 12.5. The summed E-state index contributed by atoms with van der Waals surface area (Å²) in [4.78, 5) is 10.9. The Bertz CT molecular complexity index is 336. The molecule has 4 heteroatoms. The van der Waals surface area contributed by atoms with Gasteiger partial charge in [-0.1, -0.05) is 25.5 Å². The lowest BCUT2D eigenvalue weighted by Gasteiger charge is -2.08. The summed E-state index contributed by atoms with van der Waals surface area (Å²) in [7, 11) is 1.59. The second-order valence-electron chi connectivity index (χ2n) is 3.75. The zero-order valence-electron chi connectivity index (χ0n) is 10.5. The van der Waals surface area contributed by atoms with E-state index in [1.54, 1.807) is 7.05 Å². The second-order valence-corrected chi connectivity index (χ2v) is 3.75. The fraction of sp³-hybridized carbons (Fsp3) is 0.462. The summed E-state index contributed by atoms with van der Waals surface area (Å²) in [5.74, 6) is 0.837. The Hall–Kier alpha value is -1.71. The third-order valence-electron chi connectivity index (χ3n) is 2.35. The third-order valence-corrected chi connectivity index (χ3v) is 2.35. The first-order chi connectivity index (χ1) is 8.26. The van der Waals surface area contributed by atoms with Crippen LogP contribution in [0.15, 0.2) is 24.3 Å². The first-order valence-electron chi connectivity index (χ1n) is 5.93. The molecule has 17 heavy (non-hydrogen) atoms. The van der Waals surface area contributed by atoms with Crippen molar-refractivity contribution >= 4 is 6.03 Å². The molecule has 0 fully saturated rings. The van der Waals surface area contributed by atoms with Crippen molar-refractivity contribution in [1.82, 2.24) is 10.6 Å². The first kappa shape index (κ1) is 13.4. The Kier molecular flexibility index (Phi) is 5.93. The average molecular weight is 236 g/mol. The number of nitrogens with one attached hydrogen (secondary N) is 2. The van der Waals surface area contributed by atoms with E-state index >= 15 is 0 Å². The molecule has 0 aliphatic carbocycles. The number of carbonyl (C=O) groups excluding carboxylic acids is 1. The Morgan fingerprint density at radius 2 is 2.00 bits per heavy atom. The summed E-state index contributed by atoms with van der Waals surface area (Å²) in [5.41, 5.74) is 1.32. The van der Waals surface area contributed by atoms with Crippen LogP contribution in [0, 0.1) is 0 Å². The summed E-state index contributed by atoms with van der Waals surface area (Å²) in [6.07, 6.45) is 2.24. The first-order valence-corrected chi connectivity index (χ1v) is 5.93. The number of rotatable bonds is 6. The van der Waals surface area contributed by atoms with Crippen molar-refractivity contribution in [1.29, 1.82) is 0 Å². The Labute approximate surface area is 102 Å². The number of amides is 2. The van der Waals surface area contributed by atoms with Crippen LogP contribution in [0.5, 0.6) is 5.75 Å². The van der Waals surface area contributed by atoms with Crippen molar-refractivity contribution in [2.45, 2.75) is 19.8 Å². The molecule has 1 aromatic rings. The minimum atomic E-state index is -0.188. The normalized spacial score (nSPS) is 9.76. The van der Waals surface area contributed by atoms with E-state index in [1.807, 2.05) is 12.1 Å². The van der Waals surface area contributed by atoms with Crippen LogP contribution in [0.3, 0.4) is 0 Å². The molecular formula is C13H20N2O2. The Morgan fingerprint density at radius 1 is 1.29 bits per heavy atom. The molecule has 94 valence electrons. The Morgan fingerprint density at radius 3 is 2.59 bits per heavy atom. The number of urea groups is 1. The highest BCUT2D eigenvalue weighted by Gasteiger charge is 1.97. The zero-order valence-corrected chi connectivity index (χ0v) is 10.5. The SMILES string of the molecule is CCCc1ccc(OCCNC(=O)NC)cc1. The van der Waals surface area contributed by atoms with Crippen LogP contribution >= 0.6 is 0 Å². The summed E-state index contributed by atoms with van der Waals surface area (Å²) in [6, 6.07) is 7.89. The lowest BCUT2D eigenvalue weighted by Crippen LogP contribution is -2.35. The van der Waals surface area contributed by atoms with Gasteiger partial charge in [0.15, 0.2) is 0 Å². The maximum Gasteiger partial charge on any atom is 0.314 e. The molecule has 0 heterocycles. The van der Waals surface area contributed by atoms with Gasteiger partial charge in [0.2, 0.25) is 0 Å². The van der Waals surface area contributed by atoms with Crippen LogP contribution in [0.1, 0.15) is 18.9 Å². The van der Waals surface area contributed by atoms with Gasteiger partial charge in [-0.15, -0.1) is 0 Å². The van der Waals surface area contributed by atoms with Gasteiger partial charge in [-0.2, -0.15) is 0 Å². The Balaban J connectivity index is 2.25. The van der Waals surface area contributed by atoms with Crippen molar-refractivity contribution in [3.63, 3.8) is 0 Å². The molecule has 0 radical (unpaired) electrons. The predicted molar refractivity (Wildman–Crippen MR) is 68.4 cm³/mol. The second kappa shape index (κ2) is 7.54. The van der Waals surface area contributed by atoms with Crippen LogP contribution in [-0.2, 0) is 6.42 Å². The standard InChI is InChI=1S/C13H20N2O2/c1-3-4-11-5-7-12(8-6-11)17-10-9-15-13(16)14-2/h5-8H,3-4,9-10H2,1-2H3,(H2,14,15,16). The van der Waals surface area contributed by atoms with E-state index < -0.39 is 0 Å². The molecule has 0 saturated carbocycles. The van der Waals surface area contributed by atoms with Crippen molar-refractivity contribution in [3.05, 3.63) is 29.8 Å². The minimum absolute atomic E-state index is 0.188. The van der Waals surface area contributed by atoms with Crippen LogP contribution in [0.25, 0.3) is 0 Å². The molecule has 0 aliphatic heterocycles. The van der Waals surface area contributed by atoms with E-state index in [0.29, 0.717) is 13.2 Å². The van der Waals surface area contributed by atoms with Gasteiger partial charge in [0.25, 0.3) is 0 Å². The molecule has 0 spiro atoms. The van der Waals surface area contributed by atoms with E-state index in [9.17, 15) is 4.79 Å². The number of aryl methyl sites for hydroxylation is 1. The molecule has 0 atom stereocenters. The number of hydrogen-bond donors (Lipinski definition) is 2. The van der Waals surface area contributed by atoms with Crippen molar-refractivity contribution in [2.75, 3.05) is 20.2 Å². The molecule has 0 aliphatic rings. The summed E-state index contributed by atoms with van der Waals surface area (Å²) < 4.78 is 5.49. The van der Waals surface area contributed by atoms with E-state index in [4.69, 9.17) is 4.74 Å². The molecular weight excluding hydrogens is 216 g/mol. The maximum absolute atomic E-state index is 10.9. The maximum atomic E-state index is 10.9. The van der Waals surface area contributed by atoms with Gasteiger partial charge in [0.05, 0.1) is 6.54 Å². The molecule has 0 saturated heterocycles. The molecule has 1 aromatic carbocycles. The van der Waals surface area contributed by atoms with Gasteiger partial charge >= 0.3 is 6.03 Å². The van der Waals surface area contributed by atoms with Crippen molar-refractivity contribution in [2.24, 2.45) is 0 Å². The van der Waals surface area contributed by atoms with E-state index in [0.717, 1.165) is 18.6 Å². The molecule has 1 rings (SSSR count). The third kappa shape index (κ3) is 5.24. The average Bonchev–Trinajstić information content (AvgIpc) is 2.36. The highest BCUT2D eigenvalue weighted by molar-refractivity contribution is 5.73. The van der Waals surface area contributed by atoms with Gasteiger partial charge in [0.1, 0.15) is 12.4 Å². The van der Waals surface area contributed by atoms with E-state index in [-0.39, 0.29) is 6.03 Å². The minimum Gasteiger partial charge on any atom is -0.492 e. The summed E-state index contributed by atoms with van der Waals surface area (Å²) in [6.45, 7) is 3.13. The van der Waals surface area contributed by atoms with Gasteiger partial charge in [-0.25, -0.2) is 4.79 Å². The molecule has 2 amide bonds. The highest BCUT2D eigenvalue weighted by atomic mass is 16.5. The number of ether oxygens (including phenoxy) is 1. The molecule has 4 nitrogen and oxygen atoms in total. The molecule has 0 aromatic heterocycles. The van der Waals surface area contributed by atoms with Gasteiger partial charge < -0.3 is 15.4 Å². The van der Waals surface area contributed by atoms with Crippen LogP contribution in [0.2, 0.25) is 0 Å². The highest BCUT2D eigenvalue weighted by Crippen LogP contribution is 2.12. The fourth-order valence-electron chi connectivity index (χ4n) is 1.46. The number of hydrogen-bond acceptors (Lipinski definition) is 2. The lowest BCUT2D eigenvalue weighted by atomic mass is 10.1. The summed E-state index contributed by atoms with van der Waals surface area (Å²) in [5, 5.41) is 5.14. The predicted octanol–water partition coefficient (Wildman–Crippen LogP) is 1.95. The lowest BCUT2D eigenvalue weighted by molar-refractivity contribution is 0.238. The topological polar surface area (TPSA) is 50.4 Å². The largest absolute Gasteiger partial charge is 0.492 e. The quantitative estimate of drug-likeness (QED) is 0.742. The number of benzene rings is 1. The molecule has 0 bridgehead atoms. The van der Waals surface area contributed by atoms with Gasteiger partial charge in [-0.3, -0.25) is 0 Å². The van der Waals surface area contributed by atoms with E-state index in [2.05, 4.69) is 29.7 Å². The smallest absolute Gasteiger partial charge is 0.314 e. The molecule has 2 N–H and O–H groups in total. The van der Waals surface area contributed by atoms with Crippen molar-refractivity contribution < 1.29 is 9.53 Å². The van der Waals surface area contributed by atoms with Gasteiger partial charge in [-0.05, 0) is 24.1 Å². The van der Waals surface area contributed by atoms with E-state index in [1.165, 1.54) is 5.56 Å². The van der Waals surface area contributed by atoms with Crippen LogP contribution in [-0.4, -0.2) is 26.2 Å². The van der Waals surface area contributed by atoms with Crippen molar-refractivity contribution in [3.8, 4) is 5.75 Å². The summed E-state index contributed by atoms with van der Waals surface area (Å²) >= 11 is 0. The van der Waals surface area contributed by atoms with Crippen LogP contribution in [0.4, 0.5) is 4.79 Å². The fourth-order valence-corrected chi connectivity index (χ4v) is 1.46. The monoisotopic (exact) mass is 236 g/mol. The molecule has 0 unspecified atom stereocenters. The number of carbonyl (C=O) groups is 1. The van der Waals surface area contributed by atoms with Crippen LogP contribution < -0.4 is 15.4 Å². The van der Waals surface area contributed by atoms with Gasteiger partial charge in [0, 0.05) is 7.05 Å².